The molecule has 0 aromatic carbocycles. The molecule has 2 aromatic rings. The van der Waals surface area contributed by atoms with Crippen molar-refractivity contribution in [2.45, 2.75) is 51.4 Å². The number of fused-ring (bicyclic) bond motifs is 2. The van der Waals surface area contributed by atoms with E-state index < -0.39 is 6.10 Å². The lowest BCUT2D eigenvalue weighted by molar-refractivity contribution is 0.0726. The lowest BCUT2D eigenvalue weighted by atomic mass is 10.1. The van der Waals surface area contributed by atoms with Crippen LogP contribution in [0.1, 0.15) is 53.2 Å². The number of hydrogen-bond acceptors (Lipinski definition) is 6. The largest absolute Gasteiger partial charge is 0.393 e. The summed E-state index contributed by atoms with van der Waals surface area (Å²) in [7, 11) is 0. The van der Waals surface area contributed by atoms with Crippen molar-refractivity contribution in [1.29, 1.82) is 0 Å². The Bertz CT molecular complexity index is 783. The molecule has 0 aliphatic carbocycles. The van der Waals surface area contributed by atoms with Crippen LogP contribution in [0.2, 0.25) is 0 Å². The van der Waals surface area contributed by atoms with Crippen molar-refractivity contribution in [3.05, 3.63) is 29.1 Å². The van der Waals surface area contributed by atoms with Gasteiger partial charge in [0.25, 0.3) is 5.91 Å². The molecule has 0 spiro atoms. The predicted molar refractivity (Wildman–Crippen MR) is 86.6 cm³/mol. The molecule has 2 aromatic heterocycles. The zero-order valence-corrected chi connectivity index (χ0v) is 14.0. The molecule has 9 nitrogen and oxygen atoms in total. The van der Waals surface area contributed by atoms with Crippen molar-refractivity contribution in [2.24, 2.45) is 0 Å². The van der Waals surface area contributed by atoms with Gasteiger partial charge in [0.05, 0.1) is 24.5 Å². The van der Waals surface area contributed by atoms with Crippen LogP contribution in [0.15, 0.2) is 6.07 Å². The van der Waals surface area contributed by atoms with Gasteiger partial charge in [0.1, 0.15) is 11.9 Å². The maximum absolute atomic E-state index is 13.0. The van der Waals surface area contributed by atoms with E-state index >= 15 is 0 Å². The first-order valence-electron chi connectivity index (χ1n) is 8.74. The molecule has 0 fully saturated rings. The Morgan fingerprint density at radius 2 is 2.08 bits per heavy atom. The van der Waals surface area contributed by atoms with Gasteiger partial charge in [-0.1, -0.05) is 0 Å². The van der Waals surface area contributed by atoms with Gasteiger partial charge < -0.3 is 19.7 Å². The van der Waals surface area contributed by atoms with Crippen molar-refractivity contribution in [1.82, 2.24) is 29.4 Å². The number of aliphatic hydroxyl groups excluding tert-OH is 2. The van der Waals surface area contributed by atoms with E-state index in [1.165, 1.54) is 0 Å². The number of aromatic nitrogens is 5. The second-order valence-electron chi connectivity index (χ2n) is 6.61. The van der Waals surface area contributed by atoms with Gasteiger partial charge >= 0.3 is 0 Å². The van der Waals surface area contributed by atoms with E-state index in [1.807, 2.05) is 4.57 Å². The predicted octanol–water partition coefficient (Wildman–Crippen LogP) is -0.117. The van der Waals surface area contributed by atoms with E-state index in [0.717, 1.165) is 43.7 Å². The molecule has 0 saturated heterocycles. The zero-order chi connectivity index (χ0) is 17.4. The molecule has 4 heterocycles. The number of carbonyl (C=O) groups is 1. The van der Waals surface area contributed by atoms with Crippen LogP contribution in [0.4, 0.5) is 0 Å². The molecule has 9 heteroatoms. The highest BCUT2D eigenvalue weighted by atomic mass is 16.3. The lowest BCUT2D eigenvalue weighted by Crippen LogP contribution is -2.33. The molecule has 134 valence electrons. The van der Waals surface area contributed by atoms with Gasteiger partial charge in [-0.2, -0.15) is 5.10 Å². The standard InChI is InChI=1S/C16H22N6O3/c23-10-13(24)12-8-11-9-20(5-3-7-22(11)19-12)16(25)15-18-17-14-4-1-2-6-21(14)15/h8,13,23-24H,1-7,9-10H2/t13-/m1/s1. The second kappa shape index (κ2) is 6.57. The van der Waals surface area contributed by atoms with Crippen LogP contribution < -0.4 is 0 Å². The lowest BCUT2D eigenvalue weighted by Gasteiger charge is -2.21. The summed E-state index contributed by atoms with van der Waals surface area (Å²) in [6.07, 6.45) is 2.78. The molecule has 2 N–H and O–H groups in total. The third-order valence-corrected chi connectivity index (χ3v) is 4.89. The quantitative estimate of drug-likeness (QED) is 0.802. The van der Waals surface area contributed by atoms with E-state index in [0.29, 0.717) is 31.2 Å². The summed E-state index contributed by atoms with van der Waals surface area (Å²) in [6.45, 7) is 2.14. The van der Waals surface area contributed by atoms with Crippen molar-refractivity contribution in [2.75, 3.05) is 13.2 Å². The Kier molecular flexibility index (Phi) is 4.26. The van der Waals surface area contributed by atoms with Crippen molar-refractivity contribution in [3.63, 3.8) is 0 Å². The molecular formula is C16H22N6O3. The number of amides is 1. The van der Waals surface area contributed by atoms with Crippen LogP contribution in [-0.2, 0) is 26.1 Å². The zero-order valence-electron chi connectivity index (χ0n) is 14.0. The third kappa shape index (κ3) is 2.93. The molecule has 1 atom stereocenters. The normalized spacial score (nSPS) is 18.4. The number of hydrogen-bond donors (Lipinski definition) is 2. The van der Waals surface area contributed by atoms with Crippen molar-refractivity contribution < 1.29 is 15.0 Å². The van der Waals surface area contributed by atoms with Crippen LogP contribution >= 0.6 is 0 Å². The van der Waals surface area contributed by atoms with Crippen LogP contribution in [0.3, 0.4) is 0 Å². The van der Waals surface area contributed by atoms with Crippen LogP contribution in [0.5, 0.6) is 0 Å². The summed E-state index contributed by atoms with van der Waals surface area (Å²) >= 11 is 0. The van der Waals surface area contributed by atoms with Gasteiger partial charge in [-0.3, -0.25) is 9.48 Å². The monoisotopic (exact) mass is 346 g/mol. The first kappa shape index (κ1) is 16.2. The average Bonchev–Trinajstić information content (AvgIpc) is 3.19. The van der Waals surface area contributed by atoms with E-state index in [9.17, 15) is 9.90 Å². The van der Waals surface area contributed by atoms with Gasteiger partial charge in [-0.25, -0.2) is 0 Å². The van der Waals surface area contributed by atoms with Gasteiger partial charge in [0.15, 0.2) is 0 Å². The minimum Gasteiger partial charge on any atom is -0.393 e. The number of aliphatic hydroxyl groups is 2. The Balaban J connectivity index is 1.58. The first-order chi connectivity index (χ1) is 12.2. The maximum atomic E-state index is 13.0. The highest BCUT2D eigenvalue weighted by molar-refractivity contribution is 5.90. The molecule has 1 amide bonds. The SMILES string of the molecule is O=C(c1nnc2n1CCCC2)N1CCCn2nc([C@H](O)CO)cc2C1. The summed E-state index contributed by atoms with van der Waals surface area (Å²) in [6, 6.07) is 1.76. The molecule has 0 radical (unpaired) electrons. The van der Waals surface area contributed by atoms with Crippen molar-refractivity contribution >= 4 is 5.91 Å². The van der Waals surface area contributed by atoms with Gasteiger partial charge in [-0.05, 0) is 25.3 Å². The summed E-state index contributed by atoms with van der Waals surface area (Å²) in [5.41, 5.74) is 1.29. The maximum Gasteiger partial charge on any atom is 0.292 e. The number of carbonyl (C=O) groups excluding carboxylic acids is 1. The van der Waals surface area contributed by atoms with E-state index in [4.69, 9.17) is 5.11 Å². The Labute approximate surface area is 144 Å². The number of rotatable bonds is 3. The molecule has 25 heavy (non-hydrogen) atoms. The van der Waals surface area contributed by atoms with E-state index in [-0.39, 0.29) is 12.5 Å². The van der Waals surface area contributed by atoms with E-state index in [1.54, 1.807) is 15.6 Å². The molecule has 2 aliphatic heterocycles. The Hall–Kier alpha value is -2.26. The molecule has 0 unspecified atom stereocenters. The van der Waals surface area contributed by atoms with Gasteiger partial charge in [0.2, 0.25) is 5.82 Å². The van der Waals surface area contributed by atoms with E-state index in [2.05, 4.69) is 15.3 Å². The molecule has 2 aliphatic rings. The fourth-order valence-electron chi connectivity index (χ4n) is 3.52. The van der Waals surface area contributed by atoms with Gasteiger partial charge in [0, 0.05) is 26.1 Å². The van der Waals surface area contributed by atoms with Crippen LogP contribution in [0, 0.1) is 0 Å². The summed E-state index contributed by atoms with van der Waals surface area (Å²) < 4.78 is 3.75. The minimum absolute atomic E-state index is 0.112. The highest BCUT2D eigenvalue weighted by Crippen LogP contribution is 2.20. The fraction of sp³-hybridized carbons (Fsp3) is 0.625. The number of aryl methyl sites for hydroxylation is 2. The highest BCUT2D eigenvalue weighted by Gasteiger charge is 2.28. The second-order valence-corrected chi connectivity index (χ2v) is 6.61. The average molecular weight is 346 g/mol. The molecular weight excluding hydrogens is 324 g/mol. The van der Waals surface area contributed by atoms with Gasteiger partial charge in [-0.15, -0.1) is 10.2 Å². The topological polar surface area (TPSA) is 109 Å². The number of nitrogens with zero attached hydrogens (tertiary/aromatic N) is 6. The minimum atomic E-state index is -0.993. The summed E-state index contributed by atoms with van der Waals surface area (Å²) in [4.78, 5) is 14.7. The molecule has 0 saturated carbocycles. The van der Waals surface area contributed by atoms with Crippen LogP contribution in [-0.4, -0.2) is 58.7 Å². The summed E-state index contributed by atoms with van der Waals surface area (Å²) in [5.74, 6) is 1.20. The third-order valence-electron chi connectivity index (χ3n) is 4.89. The smallest absolute Gasteiger partial charge is 0.292 e. The fourth-order valence-corrected chi connectivity index (χ4v) is 3.52. The first-order valence-corrected chi connectivity index (χ1v) is 8.74. The molecule has 0 bridgehead atoms. The molecule has 4 rings (SSSR count). The Morgan fingerprint density at radius 1 is 1.20 bits per heavy atom. The Morgan fingerprint density at radius 3 is 2.92 bits per heavy atom. The van der Waals surface area contributed by atoms with Crippen LogP contribution in [0.25, 0.3) is 0 Å². The van der Waals surface area contributed by atoms with Crippen molar-refractivity contribution in [3.8, 4) is 0 Å². The summed E-state index contributed by atoms with van der Waals surface area (Å²) in [5, 5.41) is 31.5.